The van der Waals surface area contributed by atoms with Crippen molar-refractivity contribution in [3.8, 4) is 11.4 Å². The monoisotopic (exact) mass is 373 g/mol. The van der Waals surface area contributed by atoms with E-state index in [9.17, 15) is 9.18 Å². The topological polar surface area (TPSA) is 68.0 Å². The van der Waals surface area contributed by atoms with Gasteiger partial charge in [-0.2, -0.15) is 4.98 Å². The Morgan fingerprint density at radius 2 is 2.00 bits per heavy atom. The number of nitrogens with zero attached hydrogens (tertiary/aromatic N) is 2. The fraction of sp³-hybridized carbons (Fsp3) is 0.211. The molecular formula is C19H17ClFN3O2. The van der Waals surface area contributed by atoms with Crippen molar-refractivity contribution in [1.29, 1.82) is 0 Å². The lowest BCUT2D eigenvalue weighted by atomic mass is 10.1. The number of carbonyl (C=O) groups excluding carboxylic acids is 1. The average Bonchev–Trinajstić information content (AvgIpc) is 3.11. The zero-order valence-electron chi connectivity index (χ0n) is 14.1. The number of amides is 1. The highest BCUT2D eigenvalue weighted by Gasteiger charge is 2.12. The molecule has 0 spiro atoms. The van der Waals surface area contributed by atoms with Crippen LogP contribution in [0.2, 0.25) is 5.02 Å². The molecule has 7 heteroatoms. The molecule has 0 bridgehead atoms. The summed E-state index contributed by atoms with van der Waals surface area (Å²) in [7, 11) is 0. The molecule has 26 heavy (non-hydrogen) atoms. The lowest BCUT2D eigenvalue weighted by Crippen LogP contribution is -2.12. The Hall–Kier alpha value is -2.73. The molecule has 1 N–H and O–H groups in total. The van der Waals surface area contributed by atoms with Gasteiger partial charge in [0, 0.05) is 18.4 Å². The molecule has 0 saturated carbocycles. The van der Waals surface area contributed by atoms with Crippen molar-refractivity contribution >= 4 is 23.2 Å². The number of carbonyl (C=O) groups is 1. The molecule has 134 valence electrons. The molecule has 0 radical (unpaired) electrons. The largest absolute Gasteiger partial charge is 0.339 e. The third-order valence-electron chi connectivity index (χ3n) is 3.86. The molecule has 3 rings (SSSR count). The summed E-state index contributed by atoms with van der Waals surface area (Å²) in [5, 5.41) is 6.73. The van der Waals surface area contributed by atoms with Gasteiger partial charge in [0.1, 0.15) is 5.82 Å². The fourth-order valence-electron chi connectivity index (χ4n) is 2.39. The van der Waals surface area contributed by atoms with E-state index in [1.54, 1.807) is 0 Å². The lowest BCUT2D eigenvalue weighted by Gasteiger charge is -2.06. The van der Waals surface area contributed by atoms with Crippen molar-refractivity contribution < 1.29 is 13.7 Å². The number of hydrogen-bond acceptors (Lipinski definition) is 4. The molecule has 0 aliphatic heterocycles. The summed E-state index contributed by atoms with van der Waals surface area (Å²) in [4.78, 5) is 16.3. The molecule has 3 aromatic rings. The number of hydrogen-bond donors (Lipinski definition) is 1. The number of aromatic nitrogens is 2. The first-order chi connectivity index (χ1) is 12.5. The van der Waals surface area contributed by atoms with E-state index in [1.807, 2.05) is 24.3 Å². The van der Waals surface area contributed by atoms with Gasteiger partial charge in [0.2, 0.25) is 17.6 Å². The summed E-state index contributed by atoms with van der Waals surface area (Å²) >= 11 is 5.89. The van der Waals surface area contributed by atoms with Crippen LogP contribution in [0.25, 0.3) is 11.4 Å². The predicted molar refractivity (Wildman–Crippen MR) is 97.5 cm³/mol. The zero-order valence-corrected chi connectivity index (χ0v) is 14.9. The van der Waals surface area contributed by atoms with Crippen molar-refractivity contribution in [2.45, 2.75) is 26.2 Å². The number of benzene rings is 2. The van der Waals surface area contributed by atoms with E-state index in [-0.39, 0.29) is 17.4 Å². The van der Waals surface area contributed by atoms with E-state index in [0.717, 1.165) is 18.1 Å². The minimum absolute atomic E-state index is 0.143. The number of nitrogens with one attached hydrogen (secondary N) is 1. The smallest absolute Gasteiger partial charge is 0.227 e. The zero-order chi connectivity index (χ0) is 18.5. The molecular weight excluding hydrogens is 357 g/mol. The van der Waals surface area contributed by atoms with Gasteiger partial charge in [-0.25, -0.2) is 4.39 Å². The quantitative estimate of drug-likeness (QED) is 0.682. The third-order valence-corrected chi connectivity index (χ3v) is 4.17. The van der Waals surface area contributed by atoms with Gasteiger partial charge in [-0.05, 0) is 30.2 Å². The van der Waals surface area contributed by atoms with E-state index < -0.39 is 5.82 Å². The number of anilines is 1. The molecule has 0 fully saturated rings. The van der Waals surface area contributed by atoms with Crippen LogP contribution < -0.4 is 5.32 Å². The summed E-state index contributed by atoms with van der Waals surface area (Å²) in [5.41, 5.74) is 2.45. The number of aryl methyl sites for hydroxylation is 2. The van der Waals surface area contributed by atoms with Crippen LogP contribution in [0, 0.1) is 5.82 Å². The maximum Gasteiger partial charge on any atom is 0.227 e. The van der Waals surface area contributed by atoms with E-state index in [4.69, 9.17) is 16.1 Å². The van der Waals surface area contributed by atoms with Gasteiger partial charge in [0.25, 0.3) is 0 Å². The van der Waals surface area contributed by atoms with Crippen LogP contribution in [-0.2, 0) is 17.6 Å². The normalized spacial score (nSPS) is 10.7. The van der Waals surface area contributed by atoms with Crippen LogP contribution in [0.3, 0.4) is 0 Å². The van der Waals surface area contributed by atoms with Crippen molar-refractivity contribution in [1.82, 2.24) is 10.1 Å². The number of halogens is 2. The van der Waals surface area contributed by atoms with Gasteiger partial charge >= 0.3 is 0 Å². The second-order valence-corrected chi connectivity index (χ2v) is 6.14. The summed E-state index contributed by atoms with van der Waals surface area (Å²) in [5.74, 6) is 0.133. The molecule has 0 unspecified atom stereocenters. The van der Waals surface area contributed by atoms with E-state index in [2.05, 4.69) is 22.4 Å². The molecule has 2 aromatic carbocycles. The number of rotatable bonds is 6. The molecule has 1 aromatic heterocycles. The Morgan fingerprint density at radius 3 is 2.69 bits per heavy atom. The Morgan fingerprint density at radius 1 is 1.23 bits per heavy atom. The van der Waals surface area contributed by atoms with Gasteiger partial charge in [0.15, 0.2) is 0 Å². The third kappa shape index (κ3) is 4.46. The van der Waals surface area contributed by atoms with E-state index >= 15 is 0 Å². The first-order valence-electron chi connectivity index (χ1n) is 8.22. The fourth-order valence-corrected chi connectivity index (χ4v) is 2.60. The minimum Gasteiger partial charge on any atom is -0.339 e. The molecule has 0 aliphatic rings. The molecule has 0 saturated heterocycles. The van der Waals surface area contributed by atoms with Crippen molar-refractivity contribution in [2.75, 3.05) is 5.32 Å². The first kappa shape index (κ1) is 18.1. The van der Waals surface area contributed by atoms with Crippen molar-refractivity contribution in [3.63, 3.8) is 0 Å². The van der Waals surface area contributed by atoms with Crippen molar-refractivity contribution in [3.05, 3.63) is 64.8 Å². The van der Waals surface area contributed by atoms with Gasteiger partial charge in [-0.1, -0.05) is 47.9 Å². The summed E-state index contributed by atoms with van der Waals surface area (Å²) in [6.45, 7) is 2.09. The van der Waals surface area contributed by atoms with Crippen LogP contribution in [0.15, 0.2) is 47.0 Å². The van der Waals surface area contributed by atoms with Crippen LogP contribution in [-0.4, -0.2) is 16.0 Å². The lowest BCUT2D eigenvalue weighted by molar-refractivity contribution is -0.116. The molecule has 1 heterocycles. The molecule has 5 nitrogen and oxygen atoms in total. The predicted octanol–water partition coefficient (Wildman–Crippen LogP) is 4.66. The van der Waals surface area contributed by atoms with Gasteiger partial charge in [-0.3, -0.25) is 4.79 Å². The second kappa shape index (κ2) is 8.10. The van der Waals surface area contributed by atoms with Crippen LogP contribution in [0.1, 0.15) is 24.8 Å². The van der Waals surface area contributed by atoms with Crippen LogP contribution >= 0.6 is 11.6 Å². The highest BCUT2D eigenvalue weighted by molar-refractivity contribution is 6.33. The van der Waals surface area contributed by atoms with Gasteiger partial charge < -0.3 is 9.84 Å². The Labute approximate surface area is 155 Å². The minimum atomic E-state index is -0.460. The van der Waals surface area contributed by atoms with Crippen LogP contribution in [0.4, 0.5) is 10.1 Å². The SMILES string of the molecule is CCc1ccc(-c2noc(CCC(=O)Nc3ccc(F)cc3Cl)n2)cc1. The highest BCUT2D eigenvalue weighted by Crippen LogP contribution is 2.23. The van der Waals surface area contributed by atoms with E-state index in [1.165, 1.54) is 17.7 Å². The van der Waals surface area contributed by atoms with Crippen molar-refractivity contribution in [2.24, 2.45) is 0 Å². The molecule has 0 atom stereocenters. The second-order valence-electron chi connectivity index (χ2n) is 5.73. The Balaban J connectivity index is 1.58. The van der Waals surface area contributed by atoms with Gasteiger partial charge in [-0.15, -0.1) is 0 Å². The highest BCUT2D eigenvalue weighted by atomic mass is 35.5. The van der Waals surface area contributed by atoms with Gasteiger partial charge in [0.05, 0.1) is 10.7 Å². The Kier molecular flexibility index (Phi) is 5.63. The van der Waals surface area contributed by atoms with Crippen LogP contribution in [0.5, 0.6) is 0 Å². The first-order valence-corrected chi connectivity index (χ1v) is 8.59. The molecule has 1 amide bonds. The summed E-state index contributed by atoms with van der Waals surface area (Å²) in [6.07, 6.45) is 1.40. The maximum absolute atomic E-state index is 13.0. The Bertz CT molecular complexity index is 909. The summed E-state index contributed by atoms with van der Waals surface area (Å²) in [6, 6.07) is 11.7. The van der Waals surface area contributed by atoms with E-state index in [0.29, 0.717) is 23.8 Å². The average molecular weight is 374 g/mol. The molecule has 0 aliphatic carbocycles. The standard InChI is InChI=1S/C19H17ClFN3O2/c1-2-12-3-5-13(6-4-12)19-23-18(26-24-19)10-9-17(25)22-16-8-7-14(21)11-15(16)20/h3-8,11H,2,9-10H2,1H3,(H,22,25). The maximum atomic E-state index is 13.0. The summed E-state index contributed by atoms with van der Waals surface area (Å²) < 4.78 is 18.2.